The molecule has 1 unspecified atom stereocenters. The first kappa shape index (κ1) is 12.9. The van der Waals surface area contributed by atoms with Gasteiger partial charge in [-0.2, -0.15) is 0 Å². The van der Waals surface area contributed by atoms with E-state index in [9.17, 15) is 4.79 Å². The lowest BCUT2D eigenvalue weighted by atomic mass is 9.81. The number of carboxylic acids is 1. The summed E-state index contributed by atoms with van der Waals surface area (Å²) < 4.78 is 0. The first-order chi connectivity index (χ1) is 8.66. The predicted molar refractivity (Wildman–Crippen MR) is 72.8 cm³/mol. The smallest absolute Gasteiger partial charge is 0.323 e. The van der Waals surface area contributed by atoms with Gasteiger partial charge in [-0.05, 0) is 31.4 Å². The molecule has 3 heteroatoms. The van der Waals surface area contributed by atoms with Crippen LogP contribution < -0.4 is 4.90 Å². The van der Waals surface area contributed by atoms with Crippen molar-refractivity contribution < 1.29 is 9.90 Å². The Bertz CT molecular complexity index is 387. The van der Waals surface area contributed by atoms with E-state index in [0.29, 0.717) is 0 Å². The van der Waals surface area contributed by atoms with Gasteiger partial charge in [-0.15, -0.1) is 0 Å². The molecule has 0 saturated heterocycles. The van der Waals surface area contributed by atoms with Gasteiger partial charge in [0.2, 0.25) is 0 Å². The Balaban J connectivity index is 2.06. The Labute approximate surface area is 108 Å². The second-order valence-corrected chi connectivity index (χ2v) is 5.24. The van der Waals surface area contributed by atoms with Crippen molar-refractivity contribution in [1.82, 2.24) is 0 Å². The lowest BCUT2D eigenvalue weighted by molar-refractivity contribution is -0.135. The van der Waals surface area contributed by atoms with Gasteiger partial charge in [0.15, 0.2) is 0 Å². The van der Waals surface area contributed by atoms with Crippen LogP contribution in [0.5, 0.6) is 0 Å². The highest BCUT2D eigenvalue weighted by Crippen LogP contribution is 2.32. The van der Waals surface area contributed by atoms with Gasteiger partial charge < -0.3 is 10.0 Å². The number of rotatable bonds is 6. The summed E-state index contributed by atoms with van der Waals surface area (Å²) in [6.45, 7) is 2.21. The molecule has 1 aromatic carbocycles. The number of hydrogen-bond acceptors (Lipinski definition) is 2. The quantitative estimate of drug-likeness (QED) is 0.839. The van der Waals surface area contributed by atoms with Crippen LogP contribution in [0.4, 0.5) is 5.69 Å². The summed E-state index contributed by atoms with van der Waals surface area (Å²) in [5.74, 6) is 0.0271. The van der Waals surface area contributed by atoms with E-state index in [1.807, 2.05) is 35.2 Å². The van der Waals surface area contributed by atoms with Crippen LogP contribution in [0, 0.1) is 5.92 Å². The zero-order valence-corrected chi connectivity index (χ0v) is 10.9. The lowest BCUT2D eigenvalue weighted by Crippen LogP contribution is -2.39. The SMILES string of the molecule is CC(CC1CCC1)N(CC(=O)O)c1ccccc1. The molecule has 3 nitrogen and oxygen atoms in total. The summed E-state index contributed by atoms with van der Waals surface area (Å²) in [5.41, 5.74) is 1.01. The maximum atomic E-state index is 11.0. The van der Waals surface area contributed by atoms with Gasteiger partial charge in [0, 0.05) is 11.7 Å². The van der Waals surface area contributed by atoms with Crippen molar-refractivity contribution in [2.75, 3.05) is 11.4 Å². The zero-order chi connectivity index (χ0) is 13.0. The van der Waals surface area contributed by atoms with Crippen LogP contribution in [0.2, 0.25) is 0 Å². The van der Waals surface area contributed by atoms with Gasteiger partial charge >= 0.3 is 5.97 Å². The molecule has 2 rings (SSSR count). The van der Waals surface area contributed by atoms with E-state index in [2.05, 4.69) is 6.92 Å². The highest BCUT2D eigenvalue weighted by molar-refractivity contribution is 5.74. The summed E-state index contributed by atoms with van der Waals surface area (Å²) in [7, 11) is 0. The minimum absolute atomic E-state index is 0.0812. The first-order valence-corrected chi connectivity index (χ1v) is 6.70. The highest BCUT2D eigenvalue weighted by Gasteiger charge is 2.24. The van der Waals surface area contributed by atoms with E-state index < -0.39 is 5.97 Å². The van der Waals surface area contributed by atoms with Crippen molar-refractivity contribution in [3.63, 3.8) is 0 Å². The number of nitrogens with zero attached hydrogens (tertiary/aromatic N) is 1. The molecule has 1 N–H and O–H groups in total. The average molecular weight is 247 g/mol. The van der Waals surface area contributed by atoms with Crippen molar-refractivity contribution >= 4 is 11.7 Å². The first-order valence-electron chi connectivity index (χ1n) is 6.70. The number of hydrogen-bond donors (Lipinski definition) is 1. The molecule has 1 aromatic rings. The van der Waals surface area contributed by atoms with Gasteiger partial charge in [-0.25, -0.2) is 0 Å². The minimum Gasteiger partial charge on any atom is -0.480 e. The molecule has 98 valence electrons. The molecule has 0 aliphatic heterocycles. The van der Waals surface area contributed by atoms with E-state index in [4.69, 9.17) is 5.11 Å². The number of para-hydroxylation sites is 1. The zero-order valence-electron chi connectivity index (χ0n) is 10.9. The Hall–Kier alpha value is -1.51. The maximum absolute atomic E-state index is 11.0. The molecule has 0 amide bonds. The summed E-state index contributed by atoms with van der Waals surface area (Å²) >= 11 is 0. The second-order valence-electron chi connectivity index (χ2n) is 5.24. The number of benzene rings is 1. The maximum Gasteiger partial charge on any atom is 0.323 e. The van der Waals surface area contributed by atoms with E-state index in [0.717, 1.165) is 18.0 Å². The average Bonchev–Trinajstić information content (AvgIpc) is 2.31. The Morgan fingerprint density at radius 1 is 1.39 bits per heavy atom. The van der Waals surface area contributed by atoms with Crippen molar-refractivity contribution in [3.05, 3.63) is 30.3 Å². The predicted octanol–water partition coefficient (Wildman–Crippen LogP) is 3.16. The van der Waals surface area contributed by atoms with Crippen LogP contribution >= 0.6 is 0 Å². The third-order valence-electron chi connectivity index (χ3n) is 3.82. The van der Waals surface area contributed by atoms with Crippen LogP contribution in [0.15, 0.2) is 30.3 Å². The molecule has 0 bridgehead atoms. The molecule has 0 aromatic heterocycles. The lowest BCUT2D eigenvalue weighted by Gasteiger charge is -2.35. The van der Waals surface area contributed by atoms with Crippen LogP contribution in [0.3, 0.4) is 0 Å². The molecule has 0 heterocycles. The molecule has 1 aliphatic carbocycles. The standard InChI is InChI=1S/C15H21NO2/c1-12(10-13-6-5-7-13)16(11-15(17)18)14-8-3-2-4-9-14/h2-4,8-9,12-13H,5-7,10-11H2,1H3,(H,17,18). The largest absolute Gasteiger partial charge is 0.480 e. The third-order valence-corrected chi connectivity index (χ3v) is 3.82. The third kappa shape index (κ3) is 3.25. The number of aliphatic carboxylic acids is 1. The molecule has 1 saturated carbocycles. The Morgan fingerprint density at radius 2 is 2.06 bits per heavy atom. The molecule has 18 heavy (non-hydrogen) atoms. The Kier molecular flexibility index (Phi) is 4.24. The summed E-state index contributed by atoms with van der Waals surface area (Å²) in [5, 5.41) is 9.06. The normalized spacial score (nSPS) is 16.9. The molecule has 1 fully saturated rings. The topological polar surface area (TPSA) is 40.5 Å². The molecule has 1 atom stereocenters. The number of anilines is 1. The van der Waals surface area contributed by atoms with Crippen molar-refractivity contribution in [2.45, 2.75) is 38.6 Å². The Morgan fingerprint density at radius 3 is 2.56 bits per heavy atom. The fourth-order valence-electron chi connectivity index (χ4n) is 2.60. The van der Waals surface area contributed by atoms with Gasteiger partial charge in [0.05, 0.1) is 0 Å². The molecular formula is C15H21NO2. The monoisotopic (exact) mass is 247 g/mol. The van der Waals surface area contributed by atoms with Crippen LogP contribution in [-0.4, -0.2) is 23.7 Å². The molecule has 0 radical (unpaired) electrons. The van der Waals surface area contributed by atoms with E-state index in [1.54, 1.807) is 0 Å². The van der Waals surface area contributed by atoms with E-state index in [1.165, 1.54) is 19.3 Å². The van der Waals surface area contributed by atoms with E-state index in [-0.39, 0.29) is 12.6 Å². The molecular weight excluding hydrogens is 226 g/mol. The van der Waals surface area contributed by atoms with Crippen LogP contribution in [-0.2, 0) is 4.79 Å². The van der Waals surface area contributed by atoms with E-state index >= 15 is 0 Å². The number of carbonyl (C=O) groups is 1. The molecule has 1 aliphatic rings. The van der Waals surface area contributed by atoms with Crippen LogP contribution in [0.25, 0.3) is 0 Å². The van der Waals surface area contributed by atoms with Crippen molar-refractivity contribution in [3.8, 4) is 0 Å². The fourth-order valence-corrected chi connectivity index (χ4v) is 2.60. The highest BCUT2D eigenvalue weighted by atomic mass is 16.4. The minimum atomic E-state index is -0.765. The summed E-state index contributed by atoms with van der Waals surface area (Å²) in [4.78, 5) is 13.0. The van der Waals surface area contributed by atoms with Gasteiger partial charge in [-0.1, -0.05) is 37.5 Å². The van der Waals surface area contributed by atoms with Crippen LogP contribution in [0.1, 0.15) is 32.6 Å². The van der Waals surface area contributed by atoms with Gasteiger partial charge in [0.25, 0.3) is 0 Å². The second kappa shape index (κ2) is 5.89. The summed E-state index contributed by atoms with van der Waals surface area (Å²) in [6, 6.07) is 10.1. The number of carboxylic acid groups (broad SMARTS) is 1. The van der Waals surface area contributed by atoms with Gasteiger partial charge in [0.1, 0.15) is 6.54 Å². The fraction of sp³-hybridized carbons (Fsp3) is 0.533. The van der Waals surface area contributed by atoms with Crippen molar-refractivity contribution in [1.29, 1.82) is 0 Å². The van der Waals surface area contributed by atoms with Gasteiger partial charge in [-0.3, -0.25) is 4.79 Å². The summed E-state index contributed by atoms with van der Waals surface area (Å²) in [6.07, 6.45) is 5.05. The van der Waals surface area contributed by atoms with Crippen molar-refractivity contribution in [2.24, 2.45) is 5.92 Å². The molecule has 0 spiro atoms.